The van der Waals surface area contributed by atoms with E-state index in [0.29, 0.717) is 12.0 Å². The Morgan fingerprint density at radius 3 is 2.40 bits per heavy atom. The van der Waals surface area contributed by atoms with E-state index in [1.54, 1.807) is 25.3 Å². The van der Waals surface area contributed by atoms with Gasteiger partial charge in [-0.3, -0.25) is 20.4 Å². The van der Waals surface area contributed by atoms with Crippen LogP contribution in [0.4, 0.5) is 5.69 Å². The molecule has 2 aromatic carbocycles. The van der Waals surface area contributed by atoms with Crippen LogP contribution >= 0.6 is 0 Å². The molecule has 0 aromatic heterocycles. The molecule has 0 spiro atoms. The SMILES string of the molecule is COc1ccc(CCC(=O)NNC(=O)c2cccc(N(C)C)c2)cc1. The van der Waals surface area contributed by atoms with Crippen LogP contribution in [0.15, 0.2) is 48.5 Å². The molecule has 2 amide bonds. The van der Waals surface area contributed by atoms with Gasteiger partial charge in [-0.15, -0.1) is 0 Å². The average molecular weight is 341 g/mol. The third-order valence-corrected chi connectivity index (χ3v) is 3.74. The van der Waals surface area contributed by atoms with E-state index in [4.69, 9.17) is 4.74 Å². The molecule has 0 aliphatic rings. The van der Waals surface area contributed by atoms with Crippen molar-refractivity contribution in [2.45, 2.75) is 12.8 Å². The Balaban J connectivity index is 1.80. The number of anilines is 1. The predicted octanol–water partition coefficient (Wildman–Crippen LogP) is 2.16. The van der Waals surface area contributed by atoms with E-state index < -0.39 is 0 Å². The van der Waals surface area contributed by atoms with Crippen molar-refractivity contribution in [2.75, 3.05) is 26.1 Å². The van der Waals surface area contributed by atoms with Gasteiger partial charge in [0.25, 0.3) is 5.91 Å². The summed E-state index contributed by atoms with van der Waals surface area (Å²) in [4.78, 5) is 25.9. The first-order valence-electron chi connectivity index (χ1n) is 7.99. The lowest BCUT2D eigenvalue weighted by molar-refractivity contribution is -0.121. The highest BCUT2D eigenvalue weighted by Gasteiger charge is 2.09. The minimum absolute atomic E-state index is 0.243. The molecular formula is C19H23N3O3. The zero-order valence-electron chi connectivity index (χ0n) is 14.7. The van der Waals surface area contributed by atoms with E-state index in [1.165, 1.54) is 0 Å². The largest absolute Gasteiger partial charge is 0.497 e. The van der Waals surface area contributed by atoms with Gasteiger partial charge in [-0.1, -0.05) is 18.2 Å². The molecule has 6 heteroatoms. The van der Waals surface area contributed by atoms with E-state index in [-0.39, 0.29) is 18.2 Å². The summed E-state index contributed by atoms with van der Waals surface area (Å²) in [6.45, 7) is 0. The van der Waals surface area contributed by atoms with Crippen LogP contribution in [0.2, 0.25) is 0 Å². The fourth-order valence-electron chi connectivity index (χ4n) is 2.24. The van der Waals surface area contributed by atoms with Crippen molar-refractivity contribution in [1.29, 1.82) is 0 Å². The minimum Gasteiger partial charge on any atom is -0.497 e. The molecule has 132 valence electrons. The topological polar surface area (TPSA) is 70.7 Å². The number of carbonyl (C=O) groups is 2. The number of benzene rings is 2. The van der Waals surface area contributed by atoms with Gasteiger partial charge < -0.3 is 9.64 Å². The van der Waals surface area contributed by atoms with Crippen molar-refractivity contribution >= 4 is 17.5 Å². The number of nitrogens with one attached hydrogen (secondary N) is 2. The van der Waals surface area contributed by atoms with Crippen LogP contribution in [0.3, 0.4) is 0 Å². The Labute approximate surface area is 147 Å². The lowest BCUT2D eigenvalue weighted by Gasteiger charge is -2.13. The average Bonchev–Trinajstić information content (AvgIpc) is 2.64. The van der Waals surface area contributed by atoms with E-state index in [9.17, 15) is 9.59 Å². The van der Waals surface area contributed by atoms with Crippen LogP contribution in [-0.4, -0.2) is 33.0 Å². The number of amides is 2. The highest BCUT2D eigenvalue weighted by atomic mass is 16.5. The highest BCUT2D eigenvalue weighted by Crippen LogP contribution is 2.13. The Kier molecular flexibility index (Phi) is 6.39. The summed E-state index contributed by atoms with van der Waals surface area (Å²) in [7, 11) is 5.41. The molecule has 0 fully saturated rings. The molecule has 2 aromatic rings. The number of methoxy groups -OCH3 is 1. The molecule has 0 aliphatic heterocycles. The molecule has 0 saturated heterocycles. The van der Waals surface area contributed by atoms with Crippen LogP contribution in [-0.2, 0) is 11.2 Å². The Morgan fingerprint density at radius 1 is 1.04 bits per heavy atom. The van der Waals surface area contributed by atoms with Gasteiger partial charge in [0.1, 0.15) is 5.75 Å². The lowest BCUT2D eigenvalue weighted by Crippen LogP contribution is -2.41. The Bertz CT molecular complexity index is 727. The molecule has 0 heterocycles. The van der Waals surface area contributed by atoms with Gasteiger partial charge in [0.05, 0.1) is 7.11 Å². The van der Waals surface area contributed by atoms with Gasteiger partial charge in [-0.2, -0.15) is 0 Å². The zero-order valence-corrected chi connectivity index (χ0v) is 14.7. The zero-order chi connectivity index (χ0) is 18.2. The first kappa shape index (κ1) is 18.3. The summed E-state index contributed by atoms with van der Waals surface area (Å²) in [6.07, 6.45) is 0.867. The number of carbonyl (C=O) groups excluding carboxylic acids is 2. The van der Waals surface area contributed by atoms with Gasteiger partial charge in [0, 0.05) is 31.8 Å². The van der Waals surface area contributed by atoms with Crippen LogP contribution < -0.4 is 20.5 Å². The highest BCUT2D eigenvalue weighted by molar-refractivity contribution is 5.96. The van der Waals surface area contributed by atoms with Crippen molar-refractivity contribution in [2.24, 2.45) is 0 Å². The van der Waals surface area contributed by atoms with Crippen molar-refractivity contribution in [3.05, 3.63) is 59.7 Å². The molecule has 0 radical (unpaired) electrons. The molecule has 0 saturated carbocycles. The molecule has 25 heavy (non-hydrogen) atoms. The number of hydrogen-bond donors (Lipinski definition) is 2. The molecule has 2 N–H and O–H groups in total. The Morgan fingerprint density at radius 2 is 1.76 bits per heavy atom. The first-order chi connectivity index (χ1) is 12.0. The minimum atomic E-state index is -0.346. The number of rotatable bonds is 6. The van der Waals surface area contributed by atoms with E-state index in [1.807, 2.05) is 49.3 Å². The van der Waals surface area contributed by atoms with Gasteiger partial charge in [-0.25, -0.2) is 0 Å². The summed E-state index contributed by atoms with van der Waals surface area (Å²) in [5.41, 5.74) is 7.32. The van der Waals surface area contributed by atoms with Crippen LogP contribution in [0.5, 0.6) is 5.75 Å². The second-order valence-corrected chi connectivity index (χ2v) is 5.80. The first-order valence-corrected chi connectivity index (χ1v) is 7.99. The number of hydrazine groups is 1. The van der Waals surface area contributed by atoms with Crippen molar-refractivity contribution in [1.82, 2.24) is 10.9 Å². The standard InChI is InChI=1S/C19H23N3O3/c1-22(2)16-6-4-5-15(13-16)19(24)21-20-18(23)12-9-14-7-10-17(25-3)11-8-14/h4-8,10-11,13H,9,12H2,1-3H3,(H,20,23)(H,21,24). The molecule has 2 rings (SSSR count). The normalized spacial score (nSPS) is 10.0. The quantitative estimate of drug-likeness (QED) is 0.790. The number of nitrogens with zero attached hydrogens (tertiary/aromatic N) is 1. The second kappa shape index (κ2) is 8.73. The van der Waals surface area contributed by atoms with E-state index in [0.717, 1.165) is 17.0 Å². The van der Waals surface area contributed by atoms with Gasteiger partial charge in [0.2, 0.25) is 5.91 Å². The molecule has 0 bridgehead atoms. The van der Waals surface area contributed by atoms with Crippen LogP contribution in [0, 0.1) is 0 Å². The number of ether oxygens (including phenoxy) is 1. The summed E-state index contributed by atoms with van der Waals surface area (Å²) in [6, 6.07) is 14.7. The molecule has 6 nitrogen and oxygen atoms in total. The second-order valence-electron chi connectivity index (χ2n) is 5.80. The predicted molar refractivity (Wildman–Crippen MR) is 97.7 cm³/mol. The van der Waals surface area contributed by atoms with E-state index >= 15 is 0 Å². The maximum atomic E-state index is 12.1. The van der Waals surface area contributed by atoms with Crippen LogP contribution in [0.25, 0.3) is 0 Å². The van der Waals surface area contributed by atoms with Crippen molar-refractivity contribution < 1.29 is 14.3 Å². The fraction of sp³-hybridized carbons (Fsp3) is 0.263. The third-order valence-electron chi connectivity index (χ3n) is 3.74. The fourth-order valence-corrected chi connectivity index (χ4v) is 2.24. The van der Waals surface area contributed by atoms with Crippen LogP contribution in [0.1, 0.15) is 22.3 Å². The number of hydrogen-bond acceptors (Lipinski definition) is 4. The van der Waals surface area contributed by atoms with Gasteiger partial charge >= 0.3 is 0 Å². The van der Waals surface area contributed by atoms with Crippen molar-refractivity contribution in [3.63, 3.8) is 0 Å². The smallest absolute Gasteiger partial charge is 0.269 e. The molecule has 0 unspecified atom stereocenters. The summed E-state index contributed by atoms with van der Waals surface area (Å²) in [5.74, 6) is 0.190. The summed E-state index contributed by atoms with van der Waals surface area (Å²) < 4.78 is 5.10. The summed E-state index contributed by atoms with van der Waals surface area (Å²) >= 11 is 0. The third kappa shape index (κ3) is 5.53. The Hall–Kier alpha value is -3.02. The molecular weight excluding hydrogens is 318 g/mol. The van der Waals surface area contributed by atoms with Gasteiger partial charge in [-0.05, 0) is 42.3 Å². The monoisotopic (exact) mass is 341 g/mol. The lowest BCUT2D eigenvalue weighted by atomic mass is 10.1. The molecule has 0 atom stereocenters. The molecule has 0 aliphatic carbocycles. The van der Waals surface area contributed by atoms with Crippen molar-refractivity contribution in [3.8, 4) is 5.75 Å². The summed E-state index contributed by atoms with van der Waals surface area (Å²) in [5, 5.41) is 0. The maximum absolute atomic E-state index is 12.1. The van der Waals surface area contributed by atoms with E-state index in [2.05, 4.69) is 10.9 Å². The maximum Gasteiger partial charge on any atom is 0.269 e. The van der Waals surface area contributed by atoms with Gasteiger partial charge in [0.15, 0.2) is 0 Å². The number of aryl methyl sites for hydroxylation is 1.